The molecule has 1 aromatic heterocycles. The Morgan fingerprint density at radius 2 is 1.95 bits per heavy atom. The van der Waals surface area contributed by atoms with Gasteiger partial charge in [-0.3, -0.25) is 0 Å². The van der Waals surface area contributed by atoms with E-state index in [1.165, 1.54) is 12.1 Å². The number of aromatic hydroxyl groups is 1. The SMILES string of the molecule is O=S(=O)(NCc1ccccc1O)c1cnc(Cl)c(Cl)c1. The van der Waals surface area contributed by atoms with E-state index in [9.17, 15) is 13.5 Å². The van der Waals surface area contributed by atoms with E-state index in [0.717, 1.165) is 6.20 Å². The summed E-state index contributed by atoms with van der Waals surface area (Å²) in [6, 6.07) is 7.65. The van der Waals surface area contributed by atoms with Crippen molar-refractivity contribution in [3.8, 4) is 5.75 Å². The summed E-state index contributed by atoms with van der Waals surface area (Å²) < 4.78 is 26.4. The predicted molar refractivity (Wildman–Crippen MR) is 76.4 cm³/mol. The molecule has 1 heterocycles. The van der Waals surface area contributed by atoms with Crippen molar-refractivity contribution in [2.75, 3.05) is 0 Å². The van der Waals surface area contributed by atoms with E-state index in [1.54, 1.807) is 18.2 Å². The highest BCUT2D eigenvalue weighted by Gasteiger charge is 2.16. The molecule has 0 amide bonds. The highest BCUT2D eigenvalue weighted by Crippen LogP contribution is 2.22. The lowest BCUT2D eigenvalue weighted by Crippen LogP contribution is -2.23. The number of benzene rings is 1. The Morgan fingerprint density at radius 3 is 2.60 bits per heavy atom. The highest BCUT2D eigenvalue weighted by molar-refractivity contribution is 7.89. The monoisotopic (exact) mass is 332 g/mol. The lowest BCUT2D eigenvalue weighted by molar-refractivity contribution is 0.467. The third-order valence-corrected chi connectivity index (χ3v) is 4.58. The summed E-state index contributed by atoms with van der Waals surface area (Å²) in [5.74, 6) is 0.0162. The molecule has 0 fully saturated rings. The summed E-state index contributed by atoms with van der Waals surface area (Å²) in [5, 5.41) is 9.66. The first-order valence-corrected chi connectivity index (χ1v) is 7.71. The van der Waals surface area contributed by atoms with E-state index in [2.05, 4.69) is 9.71 Å². The summed E-state index contributed by atoms with van der Waals surface area (Å²) in [6.07, 6.45) is 1.11. The van der Waals surface area contributed by atoms with Crippen LogP contribution < -0.4 is 4.72 Å². The molecule has 2 aromatic rings. The van der Waals surface area contributed by atoms with Gasteiger partial charge in [-0.05, 0) is 12.1 Å². The number of pyridine rings is 1. The largest absolute Gasteiger partial charge is 0.508 e. The first-order valence-electron chi connectivity index (χ1n) is 5.48. The fourth-order valence-corrected chi connectivity index (χ4v) is 2.78. The molecule has 0 atom stereocenters. The topological polar surface area (TPSA) is 79.3 Å². The number of sulfonamides is 1. The lowest BCUT2D eigenvalue weighted by atomic mass is 10.2. The molecular formula is C12H10Cl2N2O3S. The number of rotatable bonds is 4. The molecule has 8 heteroatoms. The van der Waals surface area contributed by atoms with E-state index < -0.39 is 10.0 Å². The Hall–Kier alpha value is -1.34. The minimum absolute atomic E-state index is 0.0162. The number of aromatic nitrogens is 1. The van der Waals surface area contributed by atoms with Gasteiger partial charge in [-0.1, -0.05) is 41.4 Å². The Kier molecular flexibility index (Phi) is 4.49. The van der Waals surface area contributed by atoms with Crippen LogP contribution >= 0.6 is 23.2 Å². The van der Waals surface area contributed by atoms with Gasteiger partial charge < -0.3 is 5.11 Å². The highest BCUT2D eigenvalue weighted by atomic mass is 35.5. The third kappa shape index (κ3) is 3.40. The van der Waals surface area contributed by atoms with Crippen molar-refractivity contribution < 1.29 is 13.5 Å². The minimum atomic E-state index is -3.78. The fraction of sp³-hybridized carbons (Fsp3) is 0.0833. The van der Waals surface area contributed by atoms with Crippen LogP contribution in [0, 0.1) is 0 Å². The first kappa shape index (κ1) is 15.1. The molecule has 0 aliphatic carbocycles. The number of phenols is 1. The predicted octanol–water partition coefficient (Wildman–Crippen LogP) is 2.57. The molecule has 0 saturated heterocycles. The normalized spacial score (nSPS) is 11.5. The van der Waals surface area contributed by atoms with Crippen molar-refractivity contribution in [1.29, 1.82) is 0 Å². The van der Waals surface area contributed by atoms with Crippen molar-refractivity contribution in [3.63, 3.8) is 0 Å². The maximum absolute atomic E-state index is 12.0. The van der Waals surface area contributed by atoms with Gasteiger partial charge in [0.1, 0.15) is 15.8 Å². The minimum Gasteiger partial charge on any atom is -0.508 e. The van der Waals surface area contributed by atoms with Crippen molar-refractivity contribution in [1.82, 2.24) is 9.71 Å². The number of halogens is 2. The van der Waals surface area contributed by atoms with Crippen molar-refractivity contribution in [3.05, 3.63) is 52.3 Å². The van der Waals surface area contributed by atoms with E-state index >= 15 is 0 Å². The van der Waals surface area contributed by atoms with Gasteiger partial charge in [-0.25, -0.2) is 18.1 Å². The Morgan fingerprint density at radius 1 is 1.25 bits per heavy atom. The third-order valence-electron chi connectivity index (χ3n) is 2.53. The van der Waals surface area contributed by atoms with Crippen molar-refractivity contribution >= 4 is 33.2 Å². The Balaban J connectivity index is 2.19. The first-order chi connectivity index (χ1) is 9.40. The number of hydrogen-bond donors (Lipinski definition) is 2. The van der Waals surface area contributed by atoms with Gasteiger partial charge in [0, 0.05) is 18.3 Å². The molecule has 0 spiro atoms. The van der Waals surface area contributed by atoms with Gasteiger partial charge >= 0.3 is 0 Å². The van der Waals surface area contributed by atoms with Crippen LogP contribution in [0.1, 0.15) is 5.56 Å². The molecule has 20 heavy (non-hydrogen) atoms. The standard InChI is InChI=1S/C12H10Cl2N2O3S/c13-10-5-9(7-15-12(10)14)20(18,19)16-6-8-3-1-2-4-11(8)17/h1-5,7,16-17H,6H2. The quantitative estimate of drug-likeness (QED) is 0.843. The average Bonchev–Trinajstić information content (AvgIpc) is 2.41. The van der Waals surface area contributed by atoms with Crippen LogP contribution in [-0.2, 0) is 16.6 Å². The number of nitrogens with one attached hydrogen (secondary N) is 1. The van der Waals surface area contributed by atoms with Crippen molar-refractivity contribution in [2.45, 2.75) is 11.4 Å². The molecule has 106 valence electrons. The van der Waals surface area contributed by atoms with Gasteiger partial charge in [0.05, 0.1) is 5.02 Å². The number of nitrogens with zero attached hydrogens (tertiary/aromatic N) is 1. The summed E-state index contributed by atoms with van der Waals surface area (Å²) in [4.78, 5) is 3.59. The van der Waals surface area contributed by atoms with Crippen LogP contribution in [0.3, 0.4) is 0 Å². The van der Waals surface area contributed by atoms with Crippen LogP contribution in [0.5, 0.6) is 5.75 Å². The number of phenolic OH excluding ortho intramolecular Hbond substituents is 1. The molecule has 2 rings (SSSR count). The second-order valence-corrected chi connectivity index (χ2v) is 6.43. The molecular weight excluding hydrogens is 323 g/mol. The van der Waals surface area contributed by atoms with E-state index in [0.29, 0.717) is 5.56 Å². The van der Waals surface area contributed by atoms with Crippen LogP contribution in [0.25, 0.3) is 0 Å². The summed E-state index contributed by atoms with van der Waals surface area (Å²) in [5.41, 5.74) is 0.462. The fourth-order valence-electron chi connectivity index (χ4n) is 1.47. The van der Waals surface area contributed by atoms with Crippen LogP contribution in [0.15, 0.2) is 41.4 Å². The van der Waals surface area contributed by atoms with Crippen molar-refractivity contribution in [2.24, 2.45) is 0 Å². The smallest absolute Gasteiger partial charge is 0.242 e. The summed E-state index contributed by atoms with van der Waals surface area (Å²) in [7, 11) is -3.78. The van der Waals surface area contributed by atoms with E-state index in [-0.39, 0.29) is 27.4 Å². The van der Waals surface area contributed by atoms with E-state index in [4.69, 9.17) is 23.2 Å². The zero-order valence-electron chi connectivity index (χ0n) is 10.0. The van der Waals surface area contributed by atoms with Crippen LogP contribution in [0.2, 0.25) is 10.2 Å². The maximum Gasteiger partial charge on any atom is 0.242 e. The van der Waals surface area contributed by atoms with Gasteiger partial charge in [-0.15, -0.1) is 0 Å². The zero-order chi connectivity index (χ0) is 14.8. The number of hydrogen-bond acceptors (Lipinski definition) is 4. The summed E-state index contributed by atoms with van der Waals surface area (Å²) in [6.45, 7) is -0.0464. The molecule has 0 unspecified atom stereocenters. The molecule has 0 saturated carbocycles. The van der Waals surface area contributed by atoms with Gasteiger partial charge in [0.2, 0.25) is 10.0 Å². The second-order valence-electron chi connectivity index (χ2n) is 3.90. The lowest BCUT2D eigenvalue weighted by Gasteiger charge is -2.08. The summed E-state index contributed by atoms with van der Waals surface area (Å²) >= 11 is 11.4. The molecule has 0 bridgehead atoms. The molecule has 1 aromatic carbocycles. The molecule has 0 aliphatic heterocycles. The molecule has 0 radical (unpaired) electrons. The van der Waals surface area contributed by atoms with E-state index in [1.807, 2.05) is 0 Å². The van der Waals surface area contributed by atoms with Crippen LogP contribution in [-0.4, -0.2) is 18.5 Å². The van der Waals surface area contributed by atoms with Gasteiger partial charge in [-0.2, -0.15) is 0 Å². The molecule has 5 nitrogen and oxygen atoms in total. The second kappa shape index (κ2) is 5.97. The van der Waals surface area contributed by atoms with Gasteiger partial charge in [0.15, 0.2) is 0 Å². The Labute approximate surface area is 126 Å². The van der Waals surface area contributed by atoms with Crippen LogP contribution in [0.4, 0.5) is 0 Å². The molecule has 2 N–H and O–H groups in total. The van der Waals surface area contributed by atoms with Gasteiger partial charge in [0.25, 0.3) is 0 Å². The zero-order valence-corrected chi connectivity index (χ0v) is 12.4. The molecule has 0 aliphatic rings. The average molecular weight is 333 g/mol. The Bertz CT molecular complexity index is 735. The maximum atomic E-state index is 12.0. The number of para-hydroxylation sites is 1.